The van der Waals surface area contributed by atoms with Gasteiger partial charge in [-0.1, -0.05) is 48.5 Å². The summed E-state index contributed by atoms with van der Waals surface area (Å²) < 4.78 is 5.74. The molecule has 0 aliphatic rings. The van der Waals surface area contributed by atoms with Crippen molar-refractivity contribution in [2.75, 3.05) is 11.9 Å². The Kier molecular flexibility index (Phi) is 6.59. The second-order valence-corrected chi connectivity index (χ2v) is 5.86. The molecule has 5 heteroatoms. The van der Waals surface area contributed by atoms with E-state index >= 15 is 0 Å². The predicted octanol–water partition coefficient (Wildman–Crippen LogP) is 3.83. The molecule has 0 atom stereocenters. The van der Waals surface area contributed by atoms with Crippen molar-refractivity contribution in [2.45, 2.75) is 6.61 Å². The lowest BCUT2D eigenvalue weighted by Gasteiger charge is -2.06. The van der Waals surface area contributed by atoms with Crippen molar-refractivity contribution in [2.24, 2.45) is 5.10 Å². The van der Waals surface area contributed by atoms with Gasteiger partial charge in [0, 0.05) is 5.69 Å². The standard InChI is InChI=1S/C22H21N3O2/c26-22(16-23-20-9-5-2-6-10-20)25-24-15-18-11-13-21(14-12-18)27-17-19-7-3-1-4-8-19/h1-15,23H,16-17H2,(H,25,26). The van der Waals surface area contributed by atoms with Crippen LogP contribution in [0.3, 0.4) is 0 Å². The van der Waals surface area contributed by atoms with Crippen LogP contribution in [0.1, 0.15) is 11.1 Å². The van der Waals surface area contributed by atoms with Crippen molar-refractivity contribution in [1.82, 2.24) is 5.43 Å². The summed E-state index contributed by atoms with van der Waals surface area (Å²) in [6.07, 6.45) is 1.60. The number of carbonyl (C=O) groups is 1. The average molecular weight is 359 g/mol. The van der Waals surface area contributed by atoms with E-state index in [1.54, 1.807) is 6.21 Å². The summed E-state index contributed by atoms with van der Waals surface area (Å²) in [6.45, 7) is 0.687. The van der Waals surface area contributed by atoms with Crippen molar-refractivity contribution in [3.05, 3.63) is 96.1 Å². The van der Waals surface area contributed by atoms with Gasteiger partial charge in [0.15, 0.2) is 0 Å². The van der Waals surface area contributed by atoms with E-state index in [1.807, 2.05) is 84.9 Å². The molecule has 0 aromatic heterocycles. The molecule has 0 saturated carbocycles. The van der Waals surface area contributed by atoms with E-state index in [1.165, 1.54) is 0 Å². The molecule has 1 amide bonds. The Morgan fingerprint density at radius 3 is 2.26 bits per heavy atom. The summed E-state index contributed by atoms with van der Waals surface area (Å²) in [5.41, 5.74) is 5.38. The molecule has 3 aromatic carbocycles. The smallest absolute Gasteiger partial charge is 0.259 e. The van der Waals surface area contributed by atoms with Crippen LogP contribution in [-0.2, 0) is 11.4 Å². The second kappa shape index (κ2) is 9.77. The molecule has 3 aromatic rings. The molecule has 2 N–H and O–H groups in total. The summed E-state index contributed by atoms with van der Waals surface area (Å²) in [4.78, 5) is 11.8. The summed E-state index contributed by atoms with van der Waals surface area (Å²) >= 11 is 0. The fraction of sp³-hybridized carbons (Fsp3) is 0.0909. The van der Waals surface area contributed by atoms with Crippen molar-refractivity contribution < 1.29 is 9.53 Å². The number of nitrogens with one attached hydrogen (secondary N) is 2. The number of para-hydroxylation sites is 1. The van der Waals surface area contributed by atoms with Crippen LogP contribution < -0.4 is 15.5 Å². The molecular weight excluding hydrogens is 338 g/mol. The Labute approximate surface area is 158 Å². The highest BCUT2D eigenvalue weighted by atomic mass is 16.5. The maximum absolute atomic E-state index is 11.8. The Balaban J connectivity index is 1.41. The van der Waals surface area contributed by atoms with Gasteiger partial charge in [0.25, 0.3) is 5.91 Å². The first kappa shape index (κ1) is 18.2. The molecule has 0 fully saturated rings. The zero-order valence-corrected chi connectivity index (χ0v) is 14.8. The third kappa shape index (κ3) is 6.32. The van der Waals surface area contributed by atoms with Crippen LogP contribution in [0.4, 0.5) is 5.69 Å². The quantitative estimate of drug-likeness (QED) is 0.475. The van der Waals surface area contributed by atoms with Crippen molar-refractivity contribution in [3.8, 4) is 5.75 Å². The predicted molar refractivity (Wildman–Crippen MR) is 108 cm³/mol. The van der Waals surface area contributed by atoms with Gasteiger partial charge in [-0.2, -0.15) is 5.10 Å². The Bertz CT molecular complexity index is 863. The number of carbonyl (C=O) groups excluding carboxylic acids is 1. The molecule has 3 rings (SSSR count). The average Bonchev–Trinajstić information content (AvgIpc) is 2.73. The van der Waals surface area contributed by atoms with Gasteiger partial charge in [-0.15, -0.1) is 0 Å². The lowest BCUT2D eigenvalue weighted by molar-refractivity contribution is -0.119. The minimum Gasteiger partial charge on any atom is -0.489 e. The number of anilines is 1. The van der Waals surface area contributed by atoms with Gasteiger partial charge < -0.3 is 10.1 Å². The molecule has 0 unspecified atom stereocenters. The molecule has 0 saturated heterocycles. The SMILES string of the molecule is O=C(CNc1ccccc1)NN=Cc1ccc(OCc2ccccc2)cc1. The molecule has 0 heterocycles. The van der Waals surface area contributed by atoms with Gasteiger partial charge in [0.05, 0.1) is 12.8 Å². The maximum atomic E-state index is 11.8. The van der Waals surface area contributed by atoms with Crippen LogP contribution >= 0.6 is 0 Å². The molecule has 5 nitrogen and oxygen atoms in total. The number of hydrazone groups is 1. The monoisotopic (exact) mass is 359 g/mol. The molecule has 136 valence electrons. The fourth-order valence-corrected chi connectivity index (χ4v) is 2.35. The highest BCUT2D eigenvalue weighted by Crippen LogP contribution is 2.13. The lowest BCUT2D eigenvalue weighted by Crippen LogP contribution is -2.25. The van der Waals surface area contributed by atoms with Crippen molar-refractivity contribution >= 4 is 17.8 Å². The highest BCUT2D eigenvalue weighted by Gasteiger charge is 1.99. The van der Waals surface area contributed by atoms with Crippen LogP contribution in [0.5, 0.6) is 5.75 Å². The van der Waals surface area contributed by atoms with E-state index in [2.05, 4.69) is 15.8 Å². The molecule has 0 spiro atoms. The maximum Gasteiger partial charge on any atom is 0.259 e. The first-order valence-electron chi connectivity index (χ1n) is 8.67. The van der Waals surface area contributed by atoms with Crippen molar-refractivity contribution in [1.29, 1.82) is 0 Å². The van der Waals surface area contributed by atoms with Gasteiger partial charge in [-0.3, -0.25) is 4.79 Å². The van der Waals surface area contributed by atoms with E-state index in [0.717, 1.165) is 22.6 Å². The number of hydrogen-bond acceptors (Lipinski definition) is 4. The zero-order valence-electron chi connectivity index (χ0n) is 14.8. The fourth-order valence-electron chi connectivity index (χ4n) is 2.35. The molecule has 0 bridgehead atoms. The number of benzene rings is 3. The third-order valence-electron chi connectivity index (χ3n) is 3.76. The molecule has 0 radical (unpaired) electrons. The summed E-state index contributed by atoms with van der Waals surface area (Å²) in [7, 11) is 0. The van der Waals surface area contributed by atoms with Crippen molar-refractivity contribution in [3.63, 3.8) is 0 Å². The third-order valence-corrected chi connectivity index (χ3v) is 3.76. The van der Waals surface area contributed by atoms with E-state index in [0.29, 0.717) is 6.61 Å². The number of nitrogens with zero attached hydrogens (tertiary/aromatic N) is 1. The van der Waals surface area contributed by atoms with Crippen LogP contribution in [0, 0.1) is 0 Å². The first-order valence-corrected chi connectivity index (χ1v) is 8.67. The number of amides is 1. The minimum absolute atomic E-state index is 0.160. The van der Waals surface area contributed by atoms with E-state index in [9.17, 15) is 4.79 Å². The Morgan fingerprint density at radius 2 is 1.56 bits per heavy atom. The molecule has 0 aliphatic heterocycles. The minimum atomic E-state index is -0.210. The van der Waals surface area contributed by atoms with Gasteiger partial charge in [0.2, 0.25) is 0 Å². The van der Waals surface area contributed by atoms with E-state index in [4.69, 9.17) is 4.74 Å². The Morgan fingerprint density at radius 1 is 0.889 bits per heavy atom. The topological polar surface area (TPSA) is 62.7 Å². The molecule has 27 heavy (non-hydrogen) atoms. The normalized spacial score (nSPS) is 10.5. The number of hydrogen-bond donors (Lipinski definition) is 2. The van der Waals surface area contributed by atoms with Crippen LogP contribution in [0.2, 0.25) is 0 Å². The van der Waals surface area contributed by atoms with Crippen LogP contribution in [-0.4, -0.2) is 18.7 Å². The lowest BCUT2D eigenvalue weighted by atomic mass is 10.2. The van der Waals surface area contributed by atoms with Gasteiger partial charge in [-0.05, 0) is 47.5 Å². The number of ether oxygens (including phenoxy) is 1. The zero-order chi connectivity index (χ0) is 18.7. The molecular formula is C22H21N3O2. The van der Waals surface area contributed by atoms with Crippen LogP contribution in [0.15, 0.2) is 90.0 Å². The largest absolute Gasteiger partial charge is 0.489 e. The van der Waals surface area contributed by atoms with Gasteiger partial charge >= 0.3 is 0 Å². The van der Waals surface area contributed by atoms with Crippen LogP contribution in [0.25, 0.3) is 0 Å². The highest BCUT2D eigenvalue weighted by molar-refractivity contribution is 5.84. The first-order chi connectivity index (χ1) is 13.3. The summed E-state index contributed by atoms with van der Waals surface area (Å²) in [6, 6.07) is 27.1. The van der Waals surface area contributed by atoms with E-state index < -0.39 is 0 Å². The molecule has 0 aliphatic carbocycles. The number of rotatable bonds is 8. The van der Waals surface area contributed by atoms with Gasteiger partial charge in [-0.25, -0.2) is 5.43 Å². The van der Waals surface area contributed by atoms with E-state index in [-0.39, 0.29) is 12.5 Å². The summed E-state index contributed by atoms with van der Waals surface area (Å²) in [5.74, 6) is 0.574. The summed E-state index contributed by atoms with van der Waals surface area (Å²) in [5, 5.41) is 7.00. The van der Waals surface area contributed by atoms with Gasteiger partial charge in [0.1, 0.15) is 12.4 Å². The second-order valence-electron chi connectivity index (χ2n) is 5.86. The Hall–Kier alpha value is -3.60.